The highest BCUT2D eigenvalue weighted by molar-refractivity contribution is 7.91. The van der Waals surface area contributed by atoms with Crippen molar-refractivity contribution in [1.82, 2.24) is 10.0 Å². The second kappa shape index (κ2) is 6.00. The normalized spacial score (nSPS) is 12.9. The number of thiophene rings is 1. The van der Waals surface area contributed by atoms with Crippen LogP contribution in [-0.4, -0.2) is 27.7 Å². The molecule has 18 heavy (non-hydrogen) atoms. The molecule has 0 aliphatic rings. The Labute approximate surface area is 107 Å². The van der Waals surface area contributed by atoms with Crippen LogP contribution in [0.3, 0.4) is 0 Å². The molecule has 0 atom stereocenters. The Kier molecular flexibility index (Phi) is 5.14. The number of alkyl halides is 3. The minimum Gasteiger partial charge on any atom is -0.312 e. The van der Waals surface area contributed by atoms with Crippen LogP contribution in [0, 0.1) is 0 Å². The summed E-state index contributed by atoms with van der Waals surface area (Å²) in [6.45, 7) is 1.56. The number of sulfonamides is 1. The average molecular weight is 302 g/mol. The van der Waals surface area contributed by atoms with Crippen LogP contribution in [0.2, 0.25) is 0 Å². The number of rotatable bonds is 6. The van der Waals surface area contributed by atoms with Gasteiger partial charge >= 0.3 is 6.18 Å². The minimum atomic E-state index is -4.56. The molecule has 0 radical (unpaired) electrons. The number of hydrogen-bond acceptors (Lipinski definition) is 4. The molecule has 1 rings (SSSR count). The molecule has 9 heteroatoms. The fourth-order valence-corrected chi connectivity index (χ4v) is 3.48. The van der Waals surface area contributed by atoms with Crippen LogP contribution in [0.25, 0.3) is 0 Å². The molecule has 1 aromatic heterocycles. The summed E-state index contributed by atoms with van der Waals surface area (Å²) in [4.78, 5) is 0.754. The van der Waals surface area contributed by atoms with Crippen LogP contribution in [0.4, 0.5) is 13.2 Å². The maximum atomic E-state index is 11.9. The average Bonchev–Trinajstić information content (AvgIpc) is 2.72. The summed E-state index contributed by atoms with van der Waals surface area (Å²) < 4.78 is 60.3. The molecule has 0 saturated carbocycles. The first-order chi connectivity index (χ1) is 8.24. The van der Waals surface area contributed by atoms with Gasteiger partial charge in [-0.05, 0) is 18.7 Å². The predicted octanol–water partition coefficient (Wildman–Crippen LogP) is 1.70. The lowest BCUT2D eigenvalue weighted by atomic mass is 10.4. The van der Waals surface area contributed by atoms with Crippen LogP contribution in [0.15, 0.2) is 16.3 Å². The van der Waals surface area contributed by atoms with Crippen molar-refractivity contribution >= 4 is 21.4 Å². The lowest BCUT2D eigenvalue weighted by Crippen LogP contribution is -2.33. The number of nitrogens with one attached hydrogen (secondary N) is 2. The van der Waals surface area contributed by atoms with E-state index >= 15 is 0 Å². The summed E-state index contributed by atoms with van der Waals surface area (Å²) in [7, 11) is -4.08. The highest BCUT2D eigenvalue weighted by Crippen LogP contribution is 2.22. The van der Waals surface area contributed by atoms with Gasteiger partial charge in [0, 0.05) is 11.4 Å². The molecule has 0 aliphatic heterocycles. The molecular formula is C9H13F3N2O2S2. The molecule has 1 heterocycles. The maximum absolute atomic E-state index is 11.9. The molecule has 104 valence electrons. The van der Waals surface area contributed by atoms with Gasteiger partial charge in [0.15, 0.2) is 0 Å². The molecule has 0 saturated heterocycles. The van der Waals surface area contributed by atoms with E-state index in [1.54, 1.807) is 6.07 Å². The van der Waals surface area contributed by atoms with Crippen molar-refractivity contribution in [3.63, 3.8) is 0 Å². The van der Waals surface area contributed by atoms with Crippen LogP contribution in [0.5, 0.6) is 0 Å². The third kappa shape index (κ3) is 4.92. The fraction of sp³-hybridized carbons (Fsp3) is 0.556. The zero-order valence-corrected chi connectivity index (χ0v) is 11.2. The molecule has 0 unspecified atom stereocenters. The first-order valence-corrected chi connectivity index (χ1v) is 7.40. The van der Waals surface area contributed by atoms with Crippen molar-refractivity contribution in [1.29, 1.82) is 0 Å². The Hall–Kier alpha value is -0.640. The second-order valence-corrected chi connectivity index (χ2v) is 6.60. The second-order valence-electron chi connectivity index (χ2n) is 3.44. The van der Waals surface area contributed by atoms with E-state index in [0.717, 1.165) is 22.8 Å². The van der Waals surface area contributed by atoms with E-state index in [1.165, 1.54) is 10.8 Å². The Morgan fingerprint density at radius 1 is 1.33 bits per heavy atom. The highest BCUT2D eigenvalue weighted by atomic mass is 32.2. The van der Waals surface area contributed by atoms with Crippen LogP contribution in [-0.2, 0) is 16.6 Å². The third-order valence-electron chi connectivity index (χ3n) is 1.91. The van der Waals surface area contributed by atoms with Gasteiger partial charge in [0.2, 0.25) is 10.0 Å². The Bertz CT molecular complexity index is 482. The monoisotopic (exact) mass is 302 g/mol. The van der Waals surface area contributed by atoms with Gasteiger partial charge in [-0.1, -0.05) is 6.92 Å². The van der Waals surface area contributed by atoms with Crippen molar-refractivity contribution in [2.45, 2.75) is 23.9 Å². The molecule has 0 bridgehead atoms. The largest absolute Gasteiger partial charge is 0.402 e. The van der Waals surface area contributed by atoms with Gasteiger partial charge < -0.3 is 5.32 Å². The van der Waals surface area contributed by atoms with E-state index in [-0.39, 0.29) is 4.21 Å². The molecule has 0 amide bonds. The van der Waals surface area contributed by atoms with E-state index < -0.39 is 22.7 Å². The summed E-state index contributed by atoms with van der Waals surface area (Å²) in [5.74, 6) is 0. The van der Waals surface area contributed by atoms with E-state index in [1.807, 2.05) is 6.92 Å². The zero-order valence-electron chi connectivity index (χ0n) is 9.54. The molecule has 0 aliphatic carbocycles. The molecule has 1 aromatic rings. The molecule has 4 nitrogen and oxygen atoms in total. The lowest BCUT2D eigenvalue weighted by molar-refractivity contribution is -0.121. The summed E-state index contributed by atoms with van der Waals surface area (Å²) in [6.07, 6.45) is -4.56. The SMILES string of the molecule is CCNCc1ccc(S(=O)(=O)NCC(F)(F)F)s1. The predicted molar refractivity (Wildman–Crippen MR) is 62.9 cm³/mol. The van der Waals surface area contributed by atoms with E-state index in [0.29, 0.717) is 6.54 Å². The highest BCUT2D eigenvalue weighted by Gasteiger charge is 2.30. The fourth-order valence-electron chi connectivity index (χ4n) is 1.09. The Balaban J connectivity index is 2.70. The number of halogens is 3. The van der Waals surface area contributed by atoms with Crippen molar-refractivity contribution in [3.05, 3.63) is 17.0 Å². The molecule has 2 N–H and O–H groups in total. The van der Waals surface area contributed by atoms with E-state index in [2.05, 4.69) is 5.32 Å². The van der Waals surface area contributed by atoms with Gasteiger partial charge in [-0.15, -0.1) is 11.3 Å². The van der Waals surface area contributed by atoms with Crippen molar-refractivity contribution in [2.75, 3.05) is 13.1 Å². The van der Waals surface area contributed by atoms with E-state index in [4.69, 9.17) is 0 Å². The van der Waals surface area contributed by atoms with Gasteiger partial charge in [-0.25, -0.2) is 13.1 Å². The quantitative estimate of drug-likeness (QED) is 0.841. The van der Waals surface area contributed by atoms with Gasteiger partial charge in [0.25, 0.3) is 0 Å². The Morgan fingerprint density at radius 2 is 2.00 bits per heavy atom. The van der Waals surface area contributed by atoms with Crippen LogP contribution < -0.4 is 10.0 Å². The molecular weight excluding hydrogens is 289 g/mol. The van der Waals surface area contributed by atoms with Crippen molar-refractivity contribution in [3.8, 4) is 0 Å². The summed E-state index contributed by atoms with van der Waals surface area (Å²) in [6, 6.07) is 2.88. The molecule has 0 spiro atoms. The van der Waals surface area contributed by atoms with Gasteiger partial charge in [-0.2, -0.15) is 13.2 Å². The third-order valence-corrected chi connectivity index (χ3v) is 4.89. The molecule has 0 fully saturated rings. The smallest absolute Gasteiger partial charge is 0.312 e. The summed E-state index contributed by atoms with van der Waals surface area (Å²) >= 11 is 0.950. The van der Waals surface area contributed by atoms with Gasteiger partial charge in [-0.3, -0.25) is 0 Å². The van der Waals surface area contributed by atoms with Crippen LogP contribution in [0.1, 0.15) is 11.8 Å². The first-order valence-electron chi connectivity index (χ1n) is 5.10. The first kappa shape index (κ1) is 15.4. The lowest BCUT2D eigenvalue weighted by Gasteiger charge is -2.07. The Morgan fingerprint density at radius 3 is 2.56 bits per heavy atom. The van der Waals surface area contributed by atoms with Gasteiger partial charge in [0.1, 0.15) is 10.8 Å². The van der Waals surface area contributed by atoms with Crippen molar-refractivity contribution < 1.29 is 21.6 Å². The minimum absolute atomic E-state index is 0.111. The van der Waals surface area contributed by atoms with Gasteiger partial charge in [0.05, 0.1) is 0 Å². The standard InChI is InChI=1S/C9H13F3N2O2S2/c1-2-13-5-7-3-4-8(17-7)18(15,16)14-6-9(10,11)12/h3-4,13-14H,2,5-6H2,1H3. The van der Waals surface area contributed by atoms with Crippen LogP contribution >= 0.6 is 11.3 Å². The van der Waals surface area contributed by atoms with E-state index in [9.17, 15) is 21.6 Å². The zero-order chi connectivity index (χ0) is 13.8. The summed E-state index contributed by atoms with van der Waals surface area (Å²) in [5, 5.41) is 3.00. The topological polar surface area (TPSA) is 58.2 Å². The maximum Gasteiger partial charge on any atom is 0.402 e. The summed E-state index contributed by atoms with van der Waals surface area (Å²) in [5.41, 5.74) is 0. The van der Waals surface area contributed by atoms with Crippen molar-refractivity contribution in [2.24, 2.45) is 0 Å². The number of hydrogen-bond donors (Lipinski definition) is 2. The molecule has 0 aromatic carbocycles.